The smallest absolute Gasteiger partial charge is 0.407 e. The quantitative estimate of drug-likeness (QED) is 0.410. The van der Waals surface area contributed by atoms with E-state index >= 15 is 0 Å². The summed E-state index contributed by atoms with van der Waals surface area (Å²) >= 11 is 0. The van der Waals surface area contributed by atoms with Crippen LogP contribution in [0.15, 0.2) is 48.5 Å². The lowest BCUT2D eigenvalue weighted by atomic mass is 9.71. The topological polar surface area (TPSA) is 93.1 Å². The molecule has 1 N–H and O–H groups in total. The molecular formula is C29H29F2NO6S. The van der Waals surface area contributed by atoms with Crippen LogP contribution in [-0.2, 0) is 37.9 Å². The maximum atomic E-state index is 14.4. The van der Waals surface area contributed by atoms with Gasteiger partial charge in [0, 0.05) is 19.0 Å². The Hall–Kier alpha value is -3.34. The molecule has 0 aliphatic carbocycles. The van der Waals surface area contributed by atoms with Crippen LogP contribution in [0.2, 0.25) is 0 Å². The van der Waals surface area contributed by atoms with Crippen molar-refractivity contribution in [2.45, 2.75) is 45.0 Å². The molecule has 3 aromatic rings. The van der Waals surface area contributed by atoms with E-state index < -0.39 is 39.4 Å². The van der Waals surface area contributed by atoms with E-state index in [-0.39, 0.29) is 26.3 Å². The zero-order valence-electron chi connectivity index (χ0n) is 21.8. The summed E-state index contributed by atoms with van der Waals surface area (Å²) in [5.41, 5.74) is 5.17. The standard InChI is InChI=1S/C29H29F2NO6S/c1-17-5-4-6-20(16-38-39(3,35)36)27(17)19-7-8-22(18(2)11-19)24-14-32(28(33)34)10-9-29(24)23-13-26(31)25(30)12-21(23)15-37-29/h4-8,11-13,24H,9-10,14-16H2,1-3H3,(H,33,34)/t24-,29+/m1/s1. The summed E-state index contributed by atoms with van der Waals surface area (Å²) in [6, 6.07) is 13.7. The Kier molecular flexibility index (Phi) is 6.98. The zero-order valence-corrected chi connectivity index (χ0v) is 22.6. The number of ether oxygens (including phenoxy) is 1. The van der Waals surface area contributed by atoms with E-state index in [1.165, 1.54) is 11.0 Å². The number of benzene rings is 3. The third kappa shape index (κ3) is 5.04. The fourth-order valence-corrected chi connectivity index (χ4v) is 6.33. The molecule has 2 aliphatic heterocycles. The number of aryl methyl sites for hydroxylation is 2. The van der Waals surface area contributed by atoms with Crippen molar-refractivity contribution >= 4 is 16.2 Å². The molecule has 1 amide bonds. The molecule has 0 aromatic heterocycles. The summed E-state index contributed by atoms with van der Waals surface area (Å²) in [5, 5.41) is 9.76. The van der Waals surface area contributed by atoms with E-state index in [1.54, 1.807) is 0 Å². The Morgan fingerprint density at radius 2 is 1.87 bits per heavy atom. The Labute approximate surface area is 226 Å². The van der Waals surface area contributed by atoms with Crippen LogP contribution in [0.25, 0.3) is 11.1 Å². The molecule has 1 spiro atoms. The molecule has 2 atom stereocenters. The minimum Gasteiger partial charge on any atom is -0.465 e. The molecule has 1 fully saturated rings. The molecule has 0 unspecified atom stereocenters. The zero-order chi connectivity index (χ0) is 28.1. The summed E-state index contributed by atoms with van der Waals surface area (Å²) in [4.78, 5) is 13.3. The van der Waals surface area contributed by atoms with E-state index in [0.717, 1.165) is 40.1 Å². The average molecular weight is 558 g/mol. The molecule has 5 rings (SSSR count). The lowest BCUT2D eigenvalue weighted by molar-refractivity contribution is -0.0916. The van der Waals surface area contributed by atoms with Crippen LogP contribution in [0.1, 0.15) is 45.7 Å². The van der Waals surface area contributed by atoms with Gasteiger partial charge in [-0.1, -0.05) is 36.4 Å². The number of nitrogens with zero attached hydrogens (tertiary/aromatic N) is 1. The predicted octanol–water partition coefficient (Wildman–Crippen LogP) is 5.62. The Balaban J connectivity index is 1.59. The van der Waals surface area contributed by atoms with Crippen molar-refractivity contribution in [3.05, 3.63) is 93.5 Å². The number of carboxylic acid groups (broad SMARTS) is 1. The first kappa shape index (κ1) is 27.2. The molecule has 0 bridgehead atoms. The van der Waals surface area contributed by atoms with Gasteiger partial charge in [0.15, 0.2) is 11.6 Å². The highest BCUT2D eigenvalue weighted by atomic mass is 32.2. The third-order valence-corrected chi connectivity index (χ3v) is 8.34. The summed E-state index contributed by atoms with van der Waals surface area (Å²) in [6.07, 6.45) is 0.252. The van der Waals surface area contributed by atoms with Gasteiger partial charge in [0.25, 0.3) is 10.1 Å². The molecule has 0 saturated carbocycles. The molecular weight excluding hydrogens is 528 g/mol. The number of likely N-dealkylation sites (tertiary alicyclic amines) is 1. The predicted molar refractivity (Wildman–Crippen MR) is 141 cm³/mol. The molecule has 7 nitrogen and oxygen atoms in total. The van der Waals surface area contributed by atoms with E-state index in [4.69, 9.17) is 8.92 Å². The molecule has 2 heterocycles. The summed E-state index contributed by atoms with van der Waals surface area (Å²) in [7, 11) is -3.64. The minimum absolute atomic E-state index is 0.108. The SMILES string of the molecule is Cc1cc(-c2c(C)cccc2COS(C)(=O)=O)ccc1[C@H]1CN(C(=O)O)CC[C@@]12OCc1cc(F)c(F)cc12. The lowest BCUT2D eigenvalue weighted by Crippen LogP contribution is -2.50. The van der Waals surface area contributed by atoms with Crippen molar-refractivity contribution in [3.63, 3.8) is 0 Å². The number of piperidine rings is 1. The maximum Gasteiger partial charge on any atom is 0.407 e. The first-order valence-corrected chi connectivity index (χ1v) is 14.4. The molecule has 0 radical (unpaired) electrons. The Morgan fingerprint density at radius 3 is 2.56 bits per heavy atom. The summed E-state index contributed by atoms with van der Waals surface area (Å²) in [5.74, 6) is -2.37. The minimum atomic E-state index is -3.64. The van der Waals surface area contributed by atoms with Crippen molar-refractivity contribution < 1.29 is 36.0 Å². The van der Waals surface area contributed by atoms with Crippen LogP contribution >= 0.6 is 0 Å². The molecule has 3 aromatic carbocycles. The molecule has 206 valence electrons. The average Bonchev–Trinajstić information content (AvgIpc) is 3.20. The van der Waals surface area contributed by atoms with E-state index in [0.29, 0.717) is 23.1 Å². The fraction of sp³-hybridized carbons (Fsp3) is 0.345. The van der Waals surface area contributed by atoms with Gasteiger partial charge in [0.2, 0.25) is 0 Å². The largest absolute Gasteiger partial charge is 0.465 e. The maximum absolute atomic E-state index is 14.4. The highest BCUT2D eigenvalue weighted by Gasteiger charge is 2.51. The number of hydrogen-bond donors (Lipinski definition) is 1. The van der Waals surface area contributed by atoms with Gasteiger partial charge in [-0.05, 0) is 76.9 Å². The lowest BCUT2D eigenvalue weighted by Gasteiger charge is -2.45. The van der Waals surface area contributed by atoms with Gasteiger partial charge in [0.1, 0.15) is 5.60 Å². The van der Waals surface area contributed by atoms with Gasteiger partial charge in [-0.25, -0.2) is 13.6 Å². The normalized spacial score (nSPS) is 20.8. The number of rotatable bonds is 5. The Bertz CT molecular complexity index is 1570. The fourth-order valence-electron chi connectivity index (χ4n) is 5.99. The number of carbonyl (C=O) groups is 1. The first-order chi connectivity index (χ1) is 18.4. The van der Waals surface area contributed by atoms with Crippen molar-refractivity contribution in [2.24, 2.45) is 0 Å². The Morgan fingerprint density at radius 1 is 1.13 bits per heavy atom. The summed E-state index contributed by atoms with van der Waals surface area (Å²) in [6.45, 7) is 4.18. The van der Waals surface area contributed by atoms with Crippen molar-refractivity contribution in [1.82, 2.24) is 4.90 Å². The van der Waals surface area contributed by atoms with Crippen LogP contribution < -0.4 is 0 Å². The molecule has 10 heteroatoms. The van der Waals surface area contributed by atoms with Crippen molar-refractivity contribution in [3.8, 4) is 11.1 Å². The number of amides is 1. The van der Waals surface area contributed by atoms with Crippen LogP contribution in [0.3, 0.4) is 0 Å². The molecule has 2 aliphatic rings. The second-order valence-electron chi connectivity index (χ2n) is 10.3. The number of halogens is 2. The van der Waals surface area contributed by atoms with Crippen LogP contribution in [0, 0.1) is 25.5 Å². The van der Waals surface area contributed by atoms with Gasteiger partial charge in [-0.2, -0.15) is 8.42 Å². The van der Waals surface area contributed by atoms with Gasteiger partial charge in [0.05, 0.1) is 19.5 Å². The second-order valence-corrected chi connectivity index (χ2v) is 11.9. The monoisotopic (exact) mass is 557 g/mol. The van der Waals surface area contributed by atoms with Crippen molar-refractivity contribution in [2.75, 3.05) is 19.3 Å². The van der Waals surface area contributed by atoms with Crippen LogP contribution in [0.5, 0.6) is 0 Å². The number of fused-ring (bicyclic) bond motifs is 2. The van der Waals surface area contributed by atoms with Gasteiger partial charge >= 0.3 is 6.09 Å². The highest BCUT2D eigenvalue weighted by molar-refractivity contribution is 7.85. The van der Waals surface area contributed by atoms with Gasteiger partial charge < -0.3 is 14.7 Å². The van der Waals surface area contributed by atoms with Gasteiger partial charge in [-0.15, -0.1) is 0 Å². The first-order valence-electron chi connectivity index (χ1n) is 12.5. The summed E-state index contributed by atoms with van der Waals surface area (Å²) < 4.78 is 63.0. The van der Waals surface area contributed by atoms with E-state index in [2.05, 4.69) is 0 Å². The number of hydrogen-bond acceptors (Lipinski definition) is 5. The van der Waals surface area contributed by atoms with Crippen molar-refractivity contribution in [1.29, 1.82) is 0 Å². The highest BCUT2D eigenvalue weighted by Crippen LogP contribution is 2.52. The van der Waals surface area contributed by atoms with E-state index in [9.17, 15) is 27.1 Å². The van der Waals surface area contributed by atoms with Crippen LogP contribution in [0.4, 0.5) is 13.6 Å². The van der Waals surface area contributed by atoms with E-state index in [1.807, 2.05) is 50.2 Å². The molecule has 39 heavy (non-hydrogen) atoms. The van der Waals surface area contributed by atoms with Crippen LogP contribution in [-0.4, -0.2) is 43.9 Å². The third-order valence-electron chi connectivity index (χ3n) is 7.80. The molecule has 1 saturated heterocycles. The second kappa shape index (κ2) is 10.0. The van der Waals surface area contributed by atoms with Gasteiger partial charge in [-0.3, -0.25) is 4.18 Å².